The Hall–Kier alpha value is -0.810. The Labute approximate surface area is 129 Å². The standard InChI is InChI=1S/C16H32N2O3/c1-12(7-8-19)9-17-13-10-18(11-16(13,5)6)14(20)21-15(2,3)4/h12-13,17,19H,7-11H2,1-6H3. The summed E-state index contributed by atoms with van der Waals surface area (Å²) in [6, 6.07) is 0.256. The van der Waals surface area contributed by atoms with E-state index >= 15 is 0 Å². The number of nitrogens with zero attached hydrogens (tertiary/aromatic N) is 1. The lowest BCUT2D eigenvalue weighted by molar-refractivity contribution is 0.0277. The first-order valence-corrected chi connectivity index (χ1v) is 7.87. The van der Waals surface area contributed by atoms with Gasteiger partial charge in [0.1, 0.15) is 5.60 Å². The molecule has 21 heavy (non-hydrogen) atoms. The summed E-state index contributed by atoms with van der Waals surface area (Å²) in [7, 11) is 0. The molecule has 0 aromatic rings. The normalized spacial score (nSPS) is 23.2. The quantitative estimate of drug-likeness (QED) is 0.817. The molecule has 2 atom stereocenters. The monoisotopic (exact) mass is 300 g/mol. The second-order valence-corrected chi connectivity index (χ2v) is 7.93. The average Bonchev–Trinajstić information content (AvgIpc) is 2.60. The third-order valence-corrected chi connectivity index (χ3v) is 3.93. The summed E-state index contributed by atoms with van der Waals surface area (Å²) in [6.45, 7) is 14.6. The Morgan fingerprint density at radius 2 is 2.10 bits per heavy atom. The number of carbonyl (C=O) groups excluding carboxylic acids is 1. The van der Waals surface area contributed by atoms with E-state index in [0.717, 1.165) is 13.0 Å². The lowest BCUT2D eigenvalue weighted by atomic mass is 9.87. The maximum Gasteiger partial charge on any atom is 0.410 e. The van der Waals surface area contributed by atoms with Gasteiger partial charge in [0.05, 0.1) is 0 Å². The summed E-state index contributed by atoms with van der Waals surface area (Å²) in [4.78, 5) is 14.0. The topological polar surface area (TPSA) is 61.8 Å². The summed E-state index contributed by atoms with van der Waals surface area (Å²) in [5, 5.41) is 12.5. The van der Waals surface area contributed by atoms with Crippen LogP contribution in [-0.4, -0.2) is 54.0 Å². The number of hydrogen-bond acceptors (Lipinski definition) is 4. The summed E-state index contributed by atoms with van der Waals surface area (Å²) >= 11 is 0. The van der Waals surface area contributed by atoms with E-state index < -0.39 is 5.60 Å². The molecule has 0 radical (unpaired) electrons. The molecule has 5 heteroatoms. The molecule has 0 spiro atoms. The number of aliphatic hydroxyl groups excluding tert-OH is 1. The smallest absolute Gasteiger partial charge is 0.410 e. The van der Waals surface area contributed by atoms with Crippen molar-refractivity contribution < 1.29 is 14.6 Å². The molecule has 1 fully saturated rings. The van der Waals surface area contributed by atoms with Gasteiger partial charge in [-0.25, -0.2) is 4.79 Å². The van der Waals surface area contributed by atoms with Crippen LogP contribution < -0.4 is 5.32 Å². The molecule has 0 aromatic carbocycles. The predicted octanol–water partition coefficient (Wildman–Crippen LogP) is 2.24. The van der Waals surface area contributed by atoms with Crippen molar-refractivity contribution >= 4 is 6.09 Å². The number of aliphatic hydroxyl groups is 1. The van der Waals surface area contributed by atoms with Crippen molar-refractivity contribution in [1.82, 2.24) is 10.2 Å². The molecule has 124 valence electrons. The van der Waals surface area contributed by atoms with Crippen molar-refractivity contribution in [3.63, 3.8) is 0 Å². The first-order chi connectivity index (χ1) is 9.55. The molecule has 1 aliphatic heterocycles. The van der Waals surface area contributed by atoms with Crippen molar-refractivity contribution in [3.8, 4) is 0 Å². The van der Waals surface area contributed by atoms with Gasteiger partial charge in [-0.05, 0) is 45.1 Å². The molecule has 0 aliphatic carbocycles. The average molecular weight is 300 g/mol. The van der Waals surface area contributed by atoms with Crippen LogP contribution in [0.1, 0.15) is 48.0 Å². The number of likely N-dealkylation sites (tertiary alicyclic amines) is 1. The minimum absolute atomic E-state index is 0.0236. The Kier molecular flexibility index (Phi) is 6.05. The molecule has 0 aromatic heterocycles. The minimum atomic E-state index is -0.456. The van der Waals surface area contributed by atoms with Crippen molar-refractivity contribution in [2.24, 2.45) is 11.3 Å². The maximum atomic E-state index is 12.2. The summed E-state index contributed by atoms with van der Waals surface area (Å²) < 4.78 is 5.45. The largest absolute Gasteiger partial charge is 0.444 e. The SMILES string of the molecule is CC(CCO)CNC1CN(C(=O)OC(C)(C)C)CC1(C)C. The van der Waals surface area contributed by atoms with Crippen molar-refractivity contribution in [1.29, 1.82) is 0 Å². The third-order valence-electron chi connectivity index (χ3n) is 3.93. The van der Waals surface area contributed by atoms with Gasteiger partial charge in [0.15, 0.2) is 0 Å². The van der Waals surface area contributed by atoms with E-state index in [0.29, 0.717) is 19.0 Å². The van der Waals surface area contributed by atoms with E-state index in [1.165, 1.54) is 0 Å². The van der Waals surface area contributed by atoms with Gasteiger partial charge in [0.25, 0.3) is 0 Å². The number of hydrogen-bond donors (Lipinski definition) is 2. The van der Waals surface area contributed by atoms with Crippen LogP contribution in [0.4, 0.5) is 4.79 Å². The fourth-order valence-corrected chi connectivity index (χ4v) is 2.61. The van der Waals surface area contributed by atoms with Crippen LogP contribution in [0.5, 0.6) is 0 Å². The lowest BCUT2D eigenvalue weighted by Gasteiger charge is -2.27. The van der Waals surface area contributed by atoms with E-state index in [-0.39, 0.29) is 24.2 Å². The van der Waals surface area contributed by atoms with Crippen LogP contribution in [-0.2, 0) is 4.74 Å². The molecule has 1 heterocycles. The minimum Gasteiger partial charge on any atom is -0.444 e. The van der Waals surface area contributed by atoms with E-state index in [1.54, 1.807) is 4.90 Å². The van der Waals surface area contributed by atoms with Crippen LogP contribution in [0.25, 0.3) is 0 Å². The Morgan fingerprint density at radius 3 is 2.62 bits per heavy atom. The van der Waals surface area contributed by atoms with Gasteiger partial charge in [0, 0.05) is 25.7 Å². The molecular weight excluding hydrogens is 268 g/mol. The zero-order valence-corrected chi connectivity index (χ0v) is 14.4. The van der Waals surface area contributed by atoms with E-state index in [9.17, 15) is 4.79 Å². The van der Waals surface area contributed by atoms with Crippen molar-refractivity contribution in [3.05, 3.63) is 0 Å². The molecule has 2 N–H and O–H groups in total. The Morgan fingerprint density at radius 1 is 1.48 bits per heavy atom. The lowest BCUT2D eigenvalue weighted by Crippen LogP contribution is -2.43. The van der Waals surface area contributed by atoms with Gasteiger partial charge in [-0.1, -0.05) is 20.8 Å². The third kappa shape index (κ3) is 5.83. The Balaban J connectivity index is 2.54. The Bertz CT molecular complexity index is 350. The molecule has 2 unspecified atom stereocenters. The highest BCUT2D eigenvalue weighted by Gasteiger charge is 2.42. The molecule has 1 amide bonds. The van der Waals surface area contributed by atoms with Crippen LogP contribution >= 0.6 is 0 Å². The van der Waals surface area contributed by atoms with Crippen LogP contribution in [0.15, 0.2) is 0 Å². The van der Waals surface area contributed by atoms with Crippen molar-refractivity contribution in [2.75, 3.05) is 26.2 Å². The predicted molar refractivity (Wildman–Crippen MR) is 84.2 cm³/mol. The summed E-state index contributed by atoms with van der Waals surface area (Å²) in [5.41, 5.74) is -0.432. The molecule has 5 nitrogen and oxygen atoms in total. The van der Waals surface area contributed by atoms with Crippen LogP contribution in [0.3, 0.4) is 0 Å². The zero-order valence-electron chi connectivity index (χ0n) is 14.4. The van der Waals surface area contributed by atoms with Crippen LogP contribution in [0, 0.1) is 11.3 Å². The first-order valence-electron chi connectivity index (χ1n) is 7.87. The van der Waals surface area contributed by atoms with Gasteiger partial charge in [-0.15, -0.1) is 0 Å². The summed E-state index contributed by atoms with van der Waals surface area (Å²) in [6.07, 6.45) is 0.568. The number of nitrogens with one attached hydrogen (secondary N) is 1. The zero-order chi connectivity index (χ0) is 16.3. The number of carbonyl (C=O) groups is 1. The van der Waals surface area contributed by atoms with E-state index in [2.05, 4.69) is 26.1 Å². The van der Waals surface area contributed by atoms with Crippen molar-refractivity contribution in [2.45, 2.75) is 59.6 Å². The molecule has 1 aliphatic rings. The van der Waals surface area contributed by atoms with Crippen LogP contribution in [0.2, 0.25) is 0 Å². The van der Waals surface area contributed by atoms with Gasteiger partial charge in [-0.2, -0.15) is 0 Å². The van der Waals surface area contributed by atoms with Gasteiger partial charge < -0.3 is 20.1 Å². The summed E-state index contributed by atoms with van der Waals surface area (Å²) in [5.74, 6) is 0.432. The molecule has 1 rings (SSSR count). The second-order valence-electron chi connectivity index (χ2n) is 7.93. The number of rotatable bonds is 5. The highest BCUT2D eigenvalue weighted by atomic mass is 16.6. The van der Waals surface area contributed by atoms with Gasteiger partial charge in [0.2, 0.25) is 0 Å². The highest BCUT2D eigenvalue weighted by molar-refractivity contribution is 5.68. The maximum absolute atomic E-state index is 12.2. The fourth-order valence-electron chi connectivity index (χ4n) is 2.61. The van der Waals surface area contributed by atoms with Gasteiger partial charge >= 0.3 is 6.09 Å². The van der Waals surface area contributed by atoms with E-state index in [4.69, 9.17) is 9.84 Å². The molecular formula is C16H32N2O3. The number of amides is 1. The second kappa shape index (κ2) is 6.97. The first kappa shape index (κ1) is 18.2. The van der Waals surface area contributed by atoms with Gasteiger partial charge in [-0.3, -0.25) is 0 Å². The number of ether oxygens (including phenoxy) is 1. The molecule has 1 saturated heterocycles. The fraction of sp³-hybridized carbons (Fsp3) is 0.938. The molecule has 0 saturated carbocycles. The molecule has 0 bridgehead atoms. The van der Waals surface area contributed by atoms with E-state index in [1.807, 2.05) is 20.8 Å². The highest BCUT2D eigenvalue weighted by Crippen LogP contribution is 2.30.